The minimum atomic E-state index is -0.836. The van der Waals surface area contributed by atoms with E-state index in [9.17, 15) is 14.4 Å². The molecule has 4 rings (SSSR count). The summed E-state index contributed by atoms with van der Waals surface area (Å²) in [6, 6.07) is 12.5. The highest BCUT2D eigenvalue weighted by molar-refractivity contribution is 6.47. The molecule has 46 heavy (non-hydrogen) atoms. The molecule has 0 unspecified atom stereocenters. The summed E-state index contributed by atoms with van der Waals surface area (Å²) in [4.78, 5) is 45.6. The highest BCUT2D eigenvalue weighted by atomic mass is 35.5. The van der Waals surface area contributed by atoms with E-state index in [4.69, 9.17) is 33.3 Å². The molecule has 2 aliphatic rings. The SMILES string of the molecule is CC(C)(C)CC[C@H](c1ccc(C(=O)NCCCCC(=O)O)cc1)N1C(=O)C(c2cc(Cl)cc(Cl)c2)=NC12CCC(C(C)(C)C)CC2. The molecule has 2 aromatic rings. The number of carboxylic acids is 1. The molecule has 7 nitrogen and oxygen atoms in total. The number of nitrogens with one attached hydrogen (secondary N) is 1. The molecule has 0 saturated heterocycles. The number of hydrogen-bond acceptors (Lipinski definition) is 4. The summed E-state index contributed by atoms with van der Waals surface area (Å²) in [7, 11) is 0. The molecule has 1 heterocycles. The van der Waals surface area contributed by atoms with Crippen molar-refractivity contribution in [2.75, 3.05) is 6.54 Å². The Hall–Kier alpha value is -2.90. The zero-order valence-corrected chi connectivity index (χ0v) is 29.6. The summed E-state index contributed by atoms with van der Waals surface area (Å²) in [5.74, 6) is -0.623. The minimum Gasteiger partial charge on any atom is -0.481 e. The molecule has 0 aromatic heterocycles. The monoisotopic (exact) mass is 669 g/mol. The second kappa shape index (κ2) is 14.5. The Morgan fingerprint density at radius 1 is 1.00 bits per heavy atom. The molecular formula is C37H49Cl2N3O4. The molecule has 0 radical (unpaired) electrons. The number of carbonyl (C=O) groups is 3. The first-order valence-corrected chi connectivity index (χ1v) is 17.2. The number of unbranched alkanes of at least 4 members (excludes halogenated alkanes) is 1. The lowest BCUT2D eigenvalue weighted by molar-refractivity contribution is -0.137. The molecule has 1 aliphatic carbocycles. The molecule has 1 saturated carbocycles. The Kier molecular flexibility index (Phi) is 11.3. The maximum atomic E-state index is 14.6. The van der Waals surface area contributed by atoms with E-state index in [2.05, 4.69) is 46.9 Å². The van der Waals surface area contributed by atoms with Crippen LogP contribution in [0.15, 0.2) is 47.5 Å². The van der Waals surface area contributed by atoms with Crippen molar-refractivity contribution in [1.29, 1.82) is 0 Å². The van der Waals surface area contributed by atoms with Crippen molar-refractivity contribution >= 4 is 46.7 Å². The lowest BCUT2D eigenvalue weighted by Gasteiger charge is -2.47. The van der Waals surface area contributed by atoms with Crippen molar-refractivity contribution in [2.24, 2.45) is 21.7 Å². The second-order valence-corrected chi connectivity index (χ2v) is 16.1. The summed E-state index contributed by atoms with van der Waals surface area (Å²) in [5, 5.41) is 12.6. The third-order valence-corrected chi connectivity index (χ3v) is 9.91. The zero-order chi connectivity index (χ0) is 33.9. The van der Waals surface area contributed by atoms with Crippen LogP contribution in [0.1, 0.15) is 127 Å². The van der Waals surface area contributed by atoms with Gasteiger partial charge in [0, 0.05) is 34.1 Å². The van der Waals surface area contributed by atoms with Crippen LogP contribution in [0.25, 0.3) is 0 Å². The van der Waals surface area contributed by atoms with Crippen LogP contribution in [-0.4, -0.2) is 45.7 Å². The predicted molar refractivity (Wildman–Crippen MR) is 186 cm³/mol. The molecule has 0 bridgehead atoms. The van der Waals surface area contributed by atoms with Gasteiger partial charge in [0.2, 0.25) is 0 Å². The molecule has 2 N–H and O–H groups in total. The van der Waals surface area contributed by atoms with Gasteiger partial charge in [-0.05, 0) is 104 Å². The Morgan fingerprint density at radius 2 is 1.61 bits per heavy atom. The van der Waals surface area contributed by atoms with Crippen LogP contribution in [0.3, 0.4) is 0 Å². The summed E-state index contributed by atoms with van der Waals surface area (Å²) >= 11 is 12.8. The van der Waals surface area contributed by atoms with Crippen molar-refractivity contribution < 1.29 is 19.5 Å². The van der Waals surface area contributed by atoms with E-state index in [0.29, 0.717) is 52.2 Å². The van der Waals surface area contributed by atoms with Crippen molar-refractivity contribution in [2.45, 2.75) is 111 Å². The van der Waals surface area contributed by atoms with E-state index < -0.39 is 11.6 Å². The van der Waals surface area contributed by atoms with Gasteiger partial charge >= 0.3 is 5.97 Å². The molecular weight excluding hydrogens is 621 g/mol. The first-order chi connectivity index (χ1) is 21.5. The number of hydrogen-bond donors (Lipinski definition) is 2. The Morgan fingerprint density at radius 3 is 2.15 bits per heavy atom. The first kappa shape index (κ1) is 35.9. The van der Waals surface area contributed by atoms with Crippen LogP contribution in [0.2, 0.25) is 10.0 Å². The normalized spacial score (nSPS) is 21.0. The lowest BCUT2D eigenvalue weighted by atomic mass is 9.69. The fourth-order valence-corrected chi connectivity index (χ4v) is 7.32. The second-order valence-electron chi connectivity index (χ2n) is 15.3. The Bertz CT molecular complexity index is 1430. The molecule has 1 spiro atoms. The van der Waals surface area contributed by atoms with Crippen molar-refractivity contribution in [3.63, 3.8) is 0 Å². The number of rotatable bonds is 11. The quantitative estimate of drug-likeness (QED) is 0.233. The number of carboxylic acid groups (broad SMARTS) is 1. The van der Waals surface area contributed by atoms with Gasteiger partial charge in [0.25, 0.3) is 11.8 Å². The topological polar surface area (TPSA) is 99.1 Å². The molecule has 1 fully saturated rings. The largest absolute Gasteiger partial charge is 0.481 e. The van der Waals surface area contributed by atoms with Crippen LogP contribution in [0, 0.1) is 16.7 Å². The summed E-state index contributed by atoms with van der Waals surface area (Å²) < 4.78 is 0. The maximum Gasteiger partial charge on any atom is 0.303 e. The van der Waals surface area contributed by atoms with Crippen LogP contribution in [0.5, 0.6) is 0 Å². The number of halogens is 2. The fourth-order valence-electron chi connectivity index (χ4n) is 6.80. The standard InChI is InChI=1S/C37H49Cl2N3O4/c1-35(2,3)17-16-30(24-10-12-25(13-11-24)33(45)40-20-8-7-9-31(43)44)42-34(46)32(26-21-28(38)23-29(39)22-26)41-37(42)18-14-27(15-19-37)36(4,5)6/h10-13,21-23,27,30H,7-9,14-20H2,1-6H3,(H,40,45)(H,43,44)/t27?,30-,37?/m1/s1. The number of benzene rings is 2. The van der Waals surface area contributed by atoms with Crippen LogP contribution in [0.4, 0.5) is 0 Å². The average Bonchev–Trinajstić information content (AvgIpc) is 3.23. The predicted octanol–water partition coefficient (Wildman–Crippen LogP) is 9.11. The zero-order valence-electron chi connectivity index (χ0n) is 28.1. The maximum absolute atomic E-state index is 14.6. The molecule has 9 heteroatoms. The molecule has 2 amide bonds. The Labute approximate surface area is 284 Å². The molecule has 1 aliphatic heterocycles. The van der Waals surface area contributed by atoms with Gasteiger partial charge in [-0.1, -0.05) is 76.9 Å². The smallest absolute Gasteiger partial charge is 0.303 e. The van der Waals surface area contributed by atoms with Gasteiger partial charge in [0.1, 0.15) is 11.4 Å². The van der Waals surface area contributed by atoms with E-state index in [1.807, 2.05) is 29.2 Å². The highest BCUT2D eigenvalue weighted by Crippen LogP contribution is 2.50. The first-order valence-electron chi connectivity index (χ1n) is 16.5. The third kappa shape index (κ3) is 8.92. The van der Waals surface area contributed by atoms with Crippen molar-refractivity contribution in [3.8, 4) is 0 Å². The molecule has 1 atom stereocenters. The molecule has 2 aromatic carbocycles. The van der Waals surface area contributed by atoms with Crippen LogP contribution >= 0.6 is 23.2 Å². The van der Waals surface area contributed by atoms with Gasteiger partial charge in [0.15, 0.2) is 0 Å². The van der Waals surface area contributed by atoms with Gasteiger partial charge in [-0.15, -0.1) is 0 Å². The third-order valence-electron chi connectivity index (χ3n) is 9.48. The summed E-state index contributed by atoms with van der Waals surface area (Å²) in [6.07, 6.45) is 6.31. The number of nitrogens with zero attached hydrogens (tertiary/aromatic N) is 2. The summed E-state index contributed by atoms with van der Waals surface area (Å²) in [6.45, 7) is 13.9. The number of carbonyl (C=O) groups excluding carboxylic acids is 2. The van der Waals surface area contributed by atoms with Crippen molar-refractivity contribution in [1.82, 2.24) is 10.2 Å². The van der Waals surface area contributed by atoms with E-state index in [1.54, 1.807) is 18.2 Å². The van der Waals surface area contributed by atoms with Crippen LogP contribution < -0.4 is 5.32 Å². The van der Waals surface area contributed by atoms with E-state index in [0.717, 1.165) is 44.1 Å². The Balaban J connectivity index is 1.68. The van der Waals surface area contributed by atoms with E-state index >= 15 is 0 Å². The highest BCUT2D eigenvalue weighted by Gasteiger charge is 2.52. The number of aliphatic carboxylic acids is 1. The van der Waals surface area contributed by atoms with E-state index in [1.165, 1.54) is 0 Å². The molecule has 250 valence electrons. The number of aliphatic imine (C=N–C) groups is 1. The van der Waals surface area contributed by atoms with Gasteiger partial charge < -0.3 is 15.3 Å². The van der Waals surface area contributed by atoms with Gasteiger partial charge in [-0.2, -0.15) is 0 Å². The van der Waals surface area contributed by atoms with Crippen molar-refractivity contribution in [3.05, 3.63) is 69.2 Å². The average molecular weight is 671 g/mol. The van der Waals surface area contributed by atoms with E-state index in [-0.39, 0.29) is 35.1 Å². The van der Waals surface area contributed by atoms with Gasteiger partial charge in [0.05, 0.1) is 6.04 Å². The fraction of sp³-hybridized carbons (Fsp3) is 0.568. The van der Waals surface area contributed by atoms with Crippen LogP contribution in [-0.2, 0) is 9.59 Å². The lowest BCUT2D eigenvalue weighted by Crippen LogP contribution is -2.51. The summed E-state index contributed by atoms with van der Waals surface area (Å²) in [5.41, 5.74) is 2.05. The van der Waals surface area contributed by atoms with Gasteiger partial charge in [-0.25, -0.2) is 0 Å². The minimum absolute atomic E-state index is 0.0444. The number of amides is 2. The van der Waals surface area contributed by atoms with Gasteiger partial charge in [-0.3, -0.25) is 19.4 Å².